The average Bonchev–Trinajstić information content (AvgIpc) is 3.05. The molecule has 5 atom stereocenters. The highest BCUT2D eigenvalue weighted by atomic mass is 16.5. The van der Waals surface area contributed by atoms with E-state index in [2.05, 4.69) is 10.6 Å². The van der Waals surface area contributed by atoms with Crippen molar-refractivity contribution in [1.29, 1.82) is 0 Å². The van der Waals surface area contributed by atoms with E-state index >= 15 is 0 Å². The average molecular weight is 668 g/mol. The Kier molecular flexibility index (Phi) is 12.1. The lowest BCUT2D eigenvalue weighted by Crippen LogP contribution is -2.60. The van der Waals surface area contributed by atoms with Crippen molar-refractivity contribution in [1.82, 2.24) is 15.5 Å². The third-order valence-corrected chi connectivity index (χ3v) is 9.46. The maximum Gasteiger partial charge on any atom is 0.247 e. The normalized spacial score (nSPS) is 23.8. The molecule has 4 rings (SSSR count). The summed E-state index contributed by atoms with van der Waals surface area (Å²) in [6, 6.07) is 9.47. The first-order valence-corrected chi connectivity index (χ1v) is 16.9. The highest BCUT2D eigenvalue weighted by Gasteiger charge is 2.45. The Morgan fingerprint density at radius 3 is 2.31 bits per heavy atom. The molecular formula is C37H53N3O8. The zero-order valence-electron chi connectivity index (χ0n) is 29.0. The molecule has 2 saturated heterocycles. The Balaban J connectivity index is 1.51. The molecule has 2 aliphatic heterocycles. The molecule has 2 aromatic carbocycles. The van der Waals surface area contributed by atoms with Crippen LogP contribution < -0.4 is 10.6 Å². The fourth-order valence-corrected chi connectivity index (χ4v) is 6.32. The van der Waals surface area contributed by atoms with E-state index in [0.717, 1.165) is 47.3 Å². The Bertz CT molecular complexity index is 1480. The molecule has 0 radical (unpaired) electrons. The monoisotopic (exact) mass is 667 g/mol. The molecule has 7 N–H and O–H groups in total. The molecule has 0 aromatic heterocycles. The molecule has 2 heterocycles. The molecule has 5 unspecified atom stereocenters. The molecule has 0 spiro atoms. The molecule has 0 saturated carbocycles. The van der Waals surface area contributed by atoms with Gasteiger partial charge in [-0.3, -0.25) is 9.59 Å². The van der Waals surface area contributed by atoms with E-state index in [-0.39, 0.29) is 23.1 Å². The summed E-state index contributed by atoms with van der Waals surface area (Å²) in [6.45, 7) is 13.3. The van der Waals surface area contributed by atoms with Crippen LogP contribution in [0.3, 0.4) is 0 Å². The van der Waals surface area contributed by atoms with Crippen molar-refractivity contribution in [3.8, 4) is 5.75 Å². The van der Waals surface area contributed by atoms with Gasteiger partial charge in [0.1, 0.15) is 41.8 Å². The van der Waals surface area contributed by atoms with Gasteiger partial charge >= 0.3 is 0 Å². The molecule has 2 fully saturated rings. The number of benzene rings is 2. The number of aryl methyl sites for hydroxylation is 2. The van der Waals surface area contributed by atoms with Crippen molar-refractivity contribution < 1.29 is 39.9 Å². The van der Waals surface area contributed by atoms with Crippen molar-refractivity contribution in [2.75, 3.05) is 32.8 Å². The van der Waals surface area contributed by atoms with Gasteiger partial charge in [0, 0.05) is 31.7 Å². The van der Waals surface area contributed by atoms with Gasteiger partial charge in [0.05, 0.1) is 12.0 Å². The molecule has 0 bridgehead atoms. The van der Waals surface area contributed by atoms with Gasteiger partial charge in [-0.15, -0.1) is 0 Å². The number of nitrogens with one attached hydrogen (secondary N) is 2. The van der Waals surface area contributed by atoms with Crippen LogP contribution >= 0.6 is 0 Å². The van der Waals surface area contributed by atoms with E-state index in [4.69, 9.17) is 4.74 Å². The number of carbonyl (C=O) groups excluding carboxylic acids is 2. The first kappa shape index (κ1) is 37.5. The van der Waals surface area contributed by atoms with Gasteiger partial charge in [-0.05, 0) is 87.4 Å². The molecule has 2 amide bonds. The van der Waals surface area contributed by atoms with Crippen LogP contribution in [-0.2, 0) is 27.2 Å². The predicted molar refractivity (Wildman–Crippen MR) is 183 cm³/mol. The van der Waals surface area contributed by atoms with E-state index in [0.29, 0.717) is 25.9 Å². The number of ether oxygens (including phenoxy) is 1. The number of phenols is 1. The number of piperazine rings is 1. The molecular weight excluding hydrogens is 614 g/mol. The number of aliphatic hydroxyl groups excluding tert-OH is 4. The molecule has 48 heavy (non-hydrogen) atoms. The van der Waals surface area contributed by atoms with Gasteiger partial charge < -0.3 is 45.8 Å². The van der Waals surface area contributed by atoms with E-state index in [1.807, 2.05) is 58.0 Å². The number of amides is 2. The summed E-state index contributed by atoms with van der Waals surface area (Å²) in [5.41, 5.74) is 3.20. The lowest BCUT2D eigenvalue weighted by atomic mass is 9.86. The third-order valence-electron chi connectivity index (χ3n) is 9.46. The first-order valence-electron chi connectivity index (χ1n) is 16.9. The maximum atomic E-state index is 13.3. The Morgan fingerprint density at radius 1 is 1.00 bits per heavy atom. The second-order valence-electron chi connectivity index (χ2n) is 14.2. The zero-order chi connectivity index (χ0) is 35.4. The third kappa shape index (κ3) is 8.45. The van der Waals surface area contributed by atoms with Crippen LogP contribution in [0.4, 0.5) is 0 Å². The number of aromatic hydroxyl groups is 1. The zero-order valence-corrected chi connectivity index (χ0v) is 29.0. The second-order valence-corrected chi connectivity index (χ2v) is 14.2. The van der Waals surface area contributed by atoms with Crippen molar-refractivity contribution in [3.63, 3.8) is 0 Å². The molecule has 264 valence electrons. The first-order chi connectivity index (χ1) is 22.6. The lowest BCUT2D eigenvalue weighted by molar-refractivity contribution is -0.232. The van der Waals surface area contributed by atoms with Crippen LogP contribution in [0.2, 0.25) is 0 Å². The van der Waals surface area contributed by atoms with Crippen LogP contribution in [0.25, 0.3) is 6.08 Å². The number of carbonyl (C=O) groups is 2. The van der Waals surface area contributed by atoms with Gasteiger partial charge in [0.15, 0.2) is 0 Å². The summed E-state index contributed by atoms with van der Waals surface area (Å²) in [7, 11) is 0. The summed E-state index contributed by atoms with van der Waals surface area (Å²) in [5.74, 6) is -0.433. The lowest BCUT2D eigenvalue weighted by Gasteiger charge is -2.40. The van der Waals surface area contributed by atoms with Gasteiger partial charge in [-0.2, -0.15) is 0 Å². The second kappa shape index (κ2) is 15.5. The molecule has 11 heteroatoms. The van der Waals surface area contributed by atoms with Gasteiger partial charge in [-0.1, -0.05) is 43.7 Å². The SMILES string of the molecule is CCCc1cc(O)c(C2OC(CO)C(O)C(O)C2O)cc1Cc1ccc(C=CC(C)(C)C(=O)NC(C)(C)C(=O)N2CCNCC2)cc1C. The summed E-state index contributed by atoms with van der Waals surface area (Å²) >= 11 is 0. The minimum absolute atomic E-state index is 0.0908. The summed E-state index contributed by atoms with van der Waals surface area (Å²) in [4.78, 5) is 28.2. The summed E-state index contributed by atoms with van der Waals surface area (Å²) in [5, 5.41) is 58.1. The maximum absolute atomic E-state index is 13.3. The number of nitrogens with zero attached hydrogens (tertiary/aromatic N) is 1. The fraction of sp³-hybridized carbons (Fsp3) is 0.568. The summed E-state index contributed by atoms with van der Waals surface area (Å²) in [6.07, 6.45) is -0.940. The highest BCUT2D eigenvalue weighted by molar-refractivity contribution is 5.93. The van der Waals surface area contributed by atoms with Gasteiger partial charge in [0.25, 0.3) is 0 Å². The molecule has 0 aliphatic carbocycles. The van der Waals surface area contributed by atoms with E-state index in [9.17, 15) is 35.1 Å². The number of phenolic OH excluding ortho intramolecular Hbond substituents is 1. The van der Waals surface area contributed by atoms with Crippen LogP contribution in [0.5, 0.6) is 5.75 Å². The smallest absolute Gasteiger partial charge is 0.247 e. The number of rotatable bonds is 11. The van der Waals surface area contributed by atoms with Crippen LogP contribution in [0, 0.1) is 12.3 Å². The molecule has 2 aromatic rings. The topological polar surface area (TPSA) is 172 Å². The number of aliphatic hydroxyl groups is 4. The fourth-order valence-electron chi connectivity index (χ4n) is 6.32. The van der Waals surface area contributed by atoms with Gasteiger partial charge in [0.2, 0.25) is 11.8 Å². The van der Waals surface area contributed by atoms with Crippen molar-refractivity contribution in [2.24, 2.45) is 5.41 Å². The van der Waals surface area contributed by atoms with Crippen LogP contribution in [0.1, 0.15) is 80.5 Å². The largest absolute Gasteiger partial charge is 0.508 e. The minimum Gasteiger partial charge on any atom is -0.508 e. The quantitative estimate of drug-likeness (QED) is 0.190. The number of hydrogen-bond donors (Lipinski definition) is 7. The Hall–Kier alpha value is -3.32. The summed E-state index contributed by atoms with van der Waals surface area (Å²) < 4.78 is 5.75. The van der Waals surface area contributed by atoms with Crippen LogP contribution in [-0.4, -0.2) is 105 Å². The molecule has 2 aliphatic rings. The number of hydrogen-bond acceptors (Lipinski definition) is 9. The van der Waals surface area contributed by atoms with Crippen molar-refractivity contribution >= 4 is 17.9 Å². The highest BCUT2D eigenvalue weighted by Crippen LogP contribution is 2.39. The Morgan fingerprint density at radius 2 is 1.69 bits per heavy atom. The van der Waals surface area contributed by atoms with E-state index < -0.39 is 48.1 Å². The molecule has 11 nitrogen and oxygen atoms in total. The Labute approximate surface area is 283 Å². The predicted octanol–water partition coefficient (Wildman–Crippen LogP) is 2.12. The van der Waals surface area contributed by atoms with Gasteiger partial charge in [-0.25, -0.2) is 0 Å². The van der Waals surface area contributed by atoms with Crippen LogP contribution in [0.15, 0.2) is 36.4 Å². The van der Waals surface area contributed by atoms with E-state index in [1.165, 1.54) is 0 Å². The standard InChI is InChI=1S/C37H53N3O8/c1-7-8-25-20-28(42)27(33-32(45)31(44)30(43)29(21-41)48-33)19-26(25)18-24-10-9-23(17-22(24)2)11-12-36(3,4)34(46)39-37(5,6)35(47)40-15-13-38-14-16-40/h9-12,17,19-20,29-33,38,41-45H,7-8,13-16,18,21H2,1-6H3,(H,39,46). The van der Waals surface area contributed by atoms with Crippen molar-refractivity contribution in [3.05, 3.63) is 69.8 Å². The van der Waals surface area contributed by atoms with E-state index in [1.54, 1.807) is 30.9 Å². The minimum atomic E-state index is -1.55. The van der Waals surface area contributed by atoms with Crippen molar-refractivity contribution in [2.45, 2.75) is 96.9 Å².